The van der Waals surface area contributed by atoms with Crippen molar-refractivity contribution in [2.75, 3.05) is 13.1 Å². The molecule has 0 amide bonds. The van der Waals surface area contributed by atoms with Gasteiger partial charge in [-0.15, -0.1) is 0 Å². The van der Waals surface area contributed by atoms with Gasteiger partial charge in [-0.05, 0) is 0 Å². The zero-order valence-corrected chi connectivity index (χ0v) is 11.1. The molecular weight excluding hydrogens is 355 g/mol. The van der Waals surface area contributed by atoms with Crippen LogP contribution in [0.1, 0.15) is 21.0 Å². The van der Waals surface area contributed by atoms with Gasteiger partial charge in [-0.25, -0.2) is 0 Å². The van der Waals surface area contributed by atoms with Crippen molar-refractivity contribution in [2.24, 2.45) is 11.5 Å². The van der Waals surface area contributed by atoms with Crippen molar-refractivity contribution in [3.63, 3.8) is 0 Å². The average molecular weight is 369 g/mol. The second-order valence-electron chi connectivity index (χ2n) is 2.41. The quantitative estimate of drug-likeness (QED) is 0.488. The Morgan fingerprint density at radius 3 is 1.37 bits per heavy atom. The molecule has 10 nitrogen and oxygen atoms in total. The molecule has 1 aromatic heterocycles. The van der Waals surface area contributed by atoms with Crippen LogP contribution in [-0.4, -0.2) is 45.9 Å². The molecule has 0 bridgehead atoms. The second kappa shape index (κ2) is 14.6. The number of carbonyl (C=O) groups is 2. The maximum absolute atomic E-state index is 10.2. The summed E-state index contributed by atoms with van der Waals surface area (Å²) in [5, 5.41) is 20.4. The maximum Gasteiger partial charge on any atom is 2.00 e. The van der Waals surface area contributed by atoms with Crippen molar-refractivity contribution >= 4 is 11.9 Å². The summed E-state index contributed by atoms with van der Waals surface area (Å²) in [6.07, 6.45) is 2.11. The van der Waals surface area contributed by atoms with Crippen LogP contribution >= 0.6 is 0 Å². The summed E-state index contributed by atoms with van der Waals surface area (Å²) in [7, 11) is 0. The topological polar surface area (TPSA) is 221 Å². The molecule has 0 radical (unpaired) electrons. The van der Waals surface area contributed by atoms with Crippen LogP contribution in [0, 0.1) is 0 Å². The predicted molar refractivity (Wildman–Crippen MR) is 56.0 cm³/mol. The number of rotatable bonds is 3. The fraction of sp³-hybridized carbons (Fsp3) is 0.250. The Morgan fingerprint density at radius 1 is 0.947 bits per heavy atom. The van der Waals surface area contributed by atoms with Crippen LogP contribution in [0.15, 0.2) is 12.4 Å². The fourth-order valence-corrected chi connectivity index (χ4v) is 0.637. The van der Waals surface area contributed by atoms with Gasteiger partial charge in [-0.2, -0.15) is 0 Å². The summed E-state index contributed by atoms with van der Waals surface area (Å²) in [4.78, 5) is 27.0. The molecule has 0 saturated heterocycles. The van der Waals surface area contributed by atoms with Crippen molar-refractivity contribution < 1.29 is 51.2 Å². The molecule has 0 aliphatic carbocycles. The third-order valence-corrected chi connectivity index (χ3v) is 1.25. The Bertz CT molecular complexity index is 343. The van der Waals surface area contributed by atoms with E-state index >= 15 is 0 Å². The van der Waals surface area contributed by atoms with E-state index in [2.05, 4.69) is 9.97 Å². The van der Waals surface area contributed by atoms with Gasteiger partial charge in [0.1, 0.15) is 11.4 Å². The van der Waals surface area contributed by atoms with Crippen molar-refractivity contribution in [3.8, 4) is 0 Å². The van der Waals surface area contributed by atoms with Crippen molar-refractivity contribution in [3.05, 3.63) is 23.8 Å². The molecule has 0 aromatic carbocycles. The number of hydrogen-bond donors (Lipinski definition) is 2. The SMILES string of the molecule is NCCN.O.O.O=C([O-])c1nccnc1C(=O)[O-].[Pd+2]. The van der Waals surface area contributed by atoms with Gasteiger partial charge in [0, 0.05) is 25.5 Å². The number of nitrogens with zero attached hydrogens (tertiary/aromatic N) is 2. The Kier molecular flexibility index (Phi) is 20.1. The minimum atomic E-state index is -1.69. The first-order chi connectivity index (χ1) is 7.54. The van der Waals surface area contributed by atoms with Gasteiger partial charge in [0.05, 0.1) is 11.9 Å². The molecule has 1 rings (SSSR count). The van der Waals surface area contributed by atoms with Crippen LogP contribution in [-0.2, 0) is 20.4 Å². The van der Waals surface area contributed by atoms with E-state index in [-0.39, 0.29) is 31.4 Å². The normalized spacial score (nSPS) is 7.47. The monoisotopic (exact) mass is 368 g/mol. The zero-order valence-electron chi connectivity index (χ0n) is 9.57. The minimum Gasteiger partial charge on any atom is -0.543 e. The molecule has 0 aliphatic heterocycles. The molecule has 0 spiro atoms. The maximum atomic E-state index is 10.2. The number of carboxylic acid groups (broad SMARTS) is 2. The minimum absolute atomic E-state index is 0. The summed E-state index contributed by atoms with van der Waals surface area (Å²) in [6.45, 7) is 1.19. The first-order valence-corrected chi connectivity index (χ1v) is 4.18. The number of nitrogens with two attached hydrogens (primary N) is 2. The molecule has 112 valence electrons. The summed E-state index contributed by atoms with van der Waals surface area (Å²) < 4.78 is 0. The molecule has 11 heteroatoms. The van der Waals surface area contributed by atoms with E-state index in [9.17, 15) is 19.8 Å². The number of carboxylic acids is 2. The van der Waals surface area contributed by atoms with Crippen LogP contribution in [0.2, 0.25) is 0 Å². The first kappa shape index (κ1) is 26.2. The molecule has 1 aromatic rings. The van der Waals surface area contributed by atoms with Gasteiger partial charge < -0.3 is 42.2 Å². The molecule has 0 aliphatic rings. The van der Waals surface area contributed by atoms with E-state index in [1.165, 1.54) is 0 Å². The van der Waals surface area contributed by atoms with Crippen LogP contribution in [0.3, 0.4) is 0 Å². The Labute approximate surface area is 122 Å². The van der Waals surface area contributed by atoms with E-state index in [0.717, 1.165) is 12.4 Å². The van der Waals surface area contributed by atoms with Crippen LogP contribution in [0.4, 0.5) is 0 Å². The summed E-state index contributed by atoms with van der Waals surface area (Å²) in [5.41, 5.74) is 8.36. The van der Waals surface area contributed by atoms with Crippen LogP contribution in [0.25, 0.3) is 0 Å². The Hall–Kier alpha value is -1.48. The average Bonchev–Trinajstić information content (AvgIpc) is 2.29. The van der Waals surface area contributed by atoms with Crippen LogP contribution < -0.4 is 21.7 Å². The summed E-state index contributed by atoms with van der Waals surface area (Å²) in [5.74, 6) is -3.38. The molecule has 0 atom stereocenters. The predicted octanol–water partition coefficient (Wildman–Crippen LogP) is -5.54. The fourth-order valence-electron chi connectivity index (χ4n) is 0.637. The zero-order chi connectivity index (χ0) is 12.6. The van der Waals surface area contributed by atoms with Crippen molar-refractivity contribution in [1.82, 2.24) is 9.97 Å². The number of aromatic carboxylic acids is 2. The van der Waals surface area contributed by atoms with E-state index in [4.69, 9.17) is 11.5 Å². The first-order valence-electron chi connectivity index (χ1n) is 4.18. The van der Waals surface area contributed by atoms with E-state index < -0.39 is 23.3 Å². The third kappa shape index (κ3) is 10.2. The van der Waals surface area contributed by atoms with E-state index in [1.54, 1.807) is 0 Å². The Morgan fingerprint density at radius 2 is 1.21 bits per heavy atom. The third-order valence-electron chi connectivity index (χ3n) is 1.25. The smallest absolute Gasteiger partial charge is 0.543 e. The van der Waals surface area contributed by atoms with Gasteiger partial charge >= 0.3 is 20.4 Å². The molecule has 19 heavy (non-hydrogen) atoms. The van der Waals surface area contributed by atoms with Gasteiger partial charge in [-0.1, -0.05) is 0 Å². The van der Waals surface area contributed by atoms with Gasteiger partial charge in [0.2, 0.25) is 0 Å². The molecule has 0 saturated carbocycles. The summed E-state index contributed by atoms with van der Waals surface area (Å²) >= 11 is 0. The summed E-state index contributed by atoms with van der Waals surface area (Å²) in [6, 6.07) is 0. The number of carbonyl (C=O) groups excluding carboxylic acids is 2. The van der Waals surface area contributed by atoms with Crippen molar-refractivity contribution in [1.29, 1.82) is 0 Å². The Balaban J connectivity index is -0.000000144. The molecule has 1 heterocycles. The van der Waals surface area contributed by atoms with Crippen LogP contribution in [0.5, 0.6) is 0 Å². The van der Waals surface area contributed by atoms with Crippen molar-refractivity contribution in [2.45, 2.75) is 0 Å². The van der Waals surface area contributed by atoms with Gasteiger partial charge in [0.15, 0.2) is 0 Å². The molecular formula is C8H14N4O6Pd. The number of hydrogen-bond acceptors (Lipinski definition) is 8. The van der Waals surface area contributed by atoms with E-state index in [1.807, 2.05) is 0 Å². The second-order valence-corrected chi connectivity index (χ2v) is 2.41. The standard InChI is InChI=1S/C6H4N2O4.C2H8N2.2H2O.Pd/c9-5(10)3-4(6(11)12)8-2-1-7-3;3-1-2-4;;;/h1-2H,(H,9,10)(H,11,12);1-4H2;2*1H2;/q;;;;+2/p-2. The molecule has 8 N–H and O–H groups in total. The molecule has 0 unspecified atom stereocenters. The largest absolute Gasteiger partial charge is 2.00 e. The number of aromatic nitrogens is 2. The molecule has 0 fully saturated rings. The van der Waals surface area contributed by atoms with E-state index in [0.29, 0.717) is 13.1 Å². The van der Waals surface area contributed by atoms with Gasteiger partial charge in [0.25, 0.3) is 0 Å². The van der Waals surface area contributed by atoms with Gasteiger partial charge in [-0.3, -0.25) is 9.97 Å².